The zero-order valence-electron chi connectivity index (χ0n) is 16.1. The first-order chi connectivity index (χ1) is 12.2. The molecule has 1 unspecified atom stereocenters. The number of guanidine groups is 1. The minimum atomic E-state index is -0.867. The smallest absolute Gasteiger partial charge is 0.191 e. The molecule has 2 rings (SSSR count). The van der Waals surface area contributed by atoms with Gasteiger partial charge in [0.25, 0.3) is 0 Å². The van der Waals surface area contributed by atoms with Crippen molar-refractivity contribution < 1.29 is 4.21 Å². The van der Waals surface area contributed by atoms with Crippen molar-refractivity contribution in [2.24, 2.45) is 10.9 Å². The van der Waals surface area contributed by atoms with Crippen LogP contribution in [-0.4, -0.2) is 35.1 Å². The third-order valence-corrected chi connectivity index (χ3v) is 6.16. The van der Waals surface area contributed by atoms with Gasteiger partial charge in [0.1, 0.15) is 0 Å². The molecule has 0 aliphatic heterocycles. The molecule has 2 N–H and O–H groups in total. The van der Waals surface area contributed by atoms with Crippen LogP contribution in [0.2, 0.25) is 0 Å². The topological polar surface area (TPSA) is 53.5 Å². The van der Waals surface area contributed by atoms with Crippen molar-refractivity contribution in [3.8, 4) is 0 Å². The van der Waals surface area contributed by atoms with Gasteiger partial charge in [0, 0.05) is 34.9 Å². The highest BCUT2D eigenvalue weighted by Gasteiger charge is 2.20. The molecule has 0 heterocycles. The van der Waals surface area contributed by atoms with Crippen LogP contribution in [0.4, 0.5) is 0 Å². The van der Waals surface area contributed by atoms with Gasteiger partial charge in [-0.1, -0.05) is 43.7 Å². The Kier molecular flexibility index (Phi) is 12.2. The molecule has 0 bridgehead atoms. The standard InChI is InChI=1S/C20H33N3OS.HI/c1-3-17-10-12-19(13-11-17)23-20(21-4-2)22-14-15-25(24)16-18-8-6-5-7-9-18;/h5-9,17,19H,3-4,10-16H2,1-2H3,(H2,21,22,23);1H. The zero-order valence-corrected chi connectivity index (χ0v) is 19.2. The van der Waals surface area contributed by atoms with Gasteiger partial charge in [0.15, 0.2) is 5.96 Å². The van der Waals surface area contributed by atoms with Crippen molar-refractivity contribution in [3.63, 3.8) is 0 Å². The lowest BCUT2D eigenvalue weighted by atomic mass is 9.84. The van der Waals surface area contributed by atoms with Crippen LogP contribution in [-0.2, 0) is 16.6 Å². The van der Waals surface area contributed by atoms with Gasteiger partial charge in [0.2, 0.25) is 0 Å². The van der Waals surface area contributed by atoms with Gasteiger partial charge in [0.05, 0.1) is 6.54 Å². The average Bonchev–Trinajstić information content (AvgIpc) is 2.63. The van der Waals surface area contributed by atoms with Crippen LogP contribution < -0.4 is 10.6 Å². The summed E-state index contributed by atoms with van der Waals surface area (Å²) in [5, 5.41) is 6.88. The van der Waals surface area contributed by atoms with E-state index in [2.05, 4.69) is 29.5 Å². The fourth-order valence-corrected chi connectivity index (χ4v) is 4.32. The first-order valence-corrected chi connectivity index (χ1v) is 11.1. The van der Waals surface area contributed by atoms with Crippen LogP contribution in [0.25, 0.3) is 0 Å². The zero-order chi connectivity index (χ0) is 17.9. The van der Waals surface area contributed by atoms with Crippen molar-refractivity contribution in [2.75, 3.05) is 18.8 Å². The van der Waals surface area contributed by atoms with Crippen LogP contribution in [0.5, 0.6) is 0 Å². The van der Waals surface area contributed by atoms with Crippen molar-refractivity contribution >= 4 is 40.7 Å². The predicted molar refractivity (Wildman–Crippen MR) is 124 cm³/mol. The predicted octanol–water partition coefficient (Wildman–Crippen LogP) is 4.08. The first-order valence-electron chi connectivity index (χ1n) is 9.65. The van der Waals surface area contributed by atoms with Gasteiger partial charge in [-0.2, -0.15) is 0 Å². The van der Waals surface area contributed by atoms with E-state index < -0.39 is 10.8 Å². The second-order valence-corrected chi connectivity index (χ2v) is 8.38. The molecule has 1 aliphatic rings. The Labute approximate surface area is 178 Å². The summed E-state index contributed by atoms with van der Waals surface area (Å²) in [4.78, 5) is 4.63. The number of hydrogen-bond donors (Lipinski definition) is 2. The quantitative estimate of drug-likeness (QED) is 0.328. The monoisotopic (exact) mass is 491 g/mol. The number of nitrogens with one attached hydrogen (secondary N) is 2. The average molecular weight is 491 g/mol. The molecule has 1 aromatic carbocycles. The lowest BCUT2D eigenvalue weighted by Gasteiger charge is -2.29. The summed E-state index contributed by atoms with van der Waals surface area (Å²) in [6.07, 6.45) is 6.38. The highest BCUT2D eigenvalue weighted by molar-refractivity contribution is 14.0. The third kappa shape index (κ3) is 8.84. The van der Waals surface area contributed by atoms with Crippen LogP contribution >= 0.6 is 24.0 Å². The first kappa shape index (κ1) is 23.4. The molecule has 6 heteroatoms. The summed E-state index contributed by atoms with van der Waals surface area (Å²) in [7, 11) is -0.867. The minimum Gasteiger partial charge on any atom is -0.357 e. The number of hydrogen-bond acceptors (Lipinski definition) is 2. The fourth-order valence-electron chi connectivity index (χ4n) is 3.32. The van der Waals surface area contributed by atoms with Crippen LogP contribution in [0.3, 0.4) is 0 Å². The van der Waals surface area contributed by atoms with Crippen LogP contribution in [0, 0.1) is 5.92 Å². The molecular formula is C20H34IN3OS. The van der Waals surface area contributed by atoms with E-state index in [1.807, 2.05) is 30.3 Å². The van der Waals surface area contributed by atoms with Crippen LogP contribution in [0.1, 0.15) is 51.5 Å². The van der Waals surface area contributed by atoms with E-state index in [1.54, 1.807) is 0 Å². The highest BCUT2D eigenvalue weighted by Crippen LogP contribution is 2.26. The Morgan fingerprint density at radius 1 is 1.15 bits per heavy atom. The maximum Gasteiger partial charge on any atom is 0.191 e. The Bertz CT molecular complexity index is 545. The summed E-state index contributed by atoms with van der Waals surface area (Å²) in [6, 6.07) is 10.5. The Balaban J connectivity index is 0.00000338. The molecule has 1 aromatic rings. The van der Waals surface area contributed by atoms with Crippen molar-refractivity contribution in [1.29, 1.82) is 0 Å². The van der Waals surface area contributed by atoms with Crippen molar-refractivity contribution in [1.82, 2.24) is 10.6 Å². The molecule has 26 heavy (non-hydrogen) atoms. The minimum absolute atomic E-state index is 0. The van der Waals surface area contributed by atoms with E-state index in [-0.39, 0.29) is 24.0 Å². The maximum atomic E-state index is 12.2. The number of halogens is 1. The van der Waals surface area contributed by atoms with Gasteiger partial charge < -0.3 is 10.6 Å². The van der Waals surface area contributed by atoms with Gasteiger partial charge in [-0.15, -0.1) is 24.0 Å². The molecule has 0 saturated heterocycles. The summed E-state index contributed by atoms with van der Waals surface area (Å²) < 4.78 is 12.2. The number of rotatable bonds is 8. The summed E-state index contributed by atoms with van der Waals surface area (Å²) >= 11 is 0. The molecule has 0 spiro atoms. The molecule has 148 valence electrons. The molecular weight excluding hydrogens is 457 g/mol. The Morgan fingerprint density at radius 3 is 2.46 bits per heavy atom. The molecule has 4 nitrogen and oxygen atoms in total. The lowest BCUT2D eigenvalue weighted by Crippen LogP contribution is -2.45. The van der Waals surface area contributed by atoms with E-state index in [0.29, 0.717) is 24.1 Å². The second-order valence-electron chi connectivity index (χ2n) is 6.80. The second kappa shape index (κ2) is 13.5. The van der Waals surface area contributed by atoms with E-state index in [0.717, 1.165) is 24.0 Å². The third-order valence-electron chi connectivity index (χ3n) is 4.87. The molecule has 1 fully saturated rings. The van der Waals surface area contributed by atoms with Crippen LogP contribution in [0.15, 0.2) is 35.3 Å². The Morgan fingerprint density at radius 2 is 1.85 bits per heavy atom. The Hall–Kier alpha value is -0.630. The molecule has 1 aliphatic carbocycles. The largest absolute Gasteiger partial charge is 0.357 e. The summed E-state index contributed by atoms with van der Waals surface area (Å²) in [5.41, 5.74) is 1.13. The fraction of sp³-hybridized carbons (Fsp3) is 0.650. The molecule has 0 aromatic heterocycles. The van der Waals surface area contributed by atoms with Gasteiger partial charge >= 0.3 is 0 Å². The van der Waals surface area contributed by atoms with E-state index in [4.69, 9.17) is 0 Å². The molecule has 1 saturated carbocycles. The van der Waals surface area contributed by atoms with E-state index >= 15 is 0 Å². The maximum absolute atomic E-state index is 12.2. The van der Waals surface area contributed by atoms with Gasteiger partial charge in [-0.05, 0) is 44.1 Å². The van der Waals surface area contributed by atoms with E-state index in [1.165, 1.54) is 32.1 Å². The molecule has 0 radical (unpaired) electrons. The lowest BCUT2D eigenvalue weighted by molar-refractivity contribution is 0.304. The normalized spacial score (nSPS) is 21.5. The summed E-state index contributed by atoms with van der Waals surface area (Å²) in [5.74, 6) is 2.99. The molecule has 0 amide bonds. The van der Waals surface area contributed by atoms with Crippen molar-refractivity contribution in [3.05, 3.63) is 35.9 Å². The number of benzene rings is 1. The van der Waals surface area contributed by atoms with Crippen molar-refractivity contribution in [2.45, 2.75) is 57.7 Å². The number of nitrogens with zero attached hydrogens (tertiary/aromatic N) is 1. The highest BCUT2D eigenvalue weighted by atomic mass is 127. The molecule has 1 atom stereocenters. The summed E-state index contributed by atoms with van der Waals surface area (Å²) in [6.45, 7) is 5.82. The SMILES string of the molecule is CCNC(=NCCS(=O)Cc1ccccc1)NC1CCC(CC)CC1.I. The number of aliphatic imine (C=N–C) groups is 1. The van der Waals surface area contributed by atoms with Gasteiger partial charge in [-0.25, -0.2) is 0 Å². The van der Waals surface area contributed by atoms with E-state index in [9.17, 15) is 4.21 Å². The van der Waals surface area contributed by atoms with Gasteiger partial charge in [-0.3, -0.25) is 9.20 Å².